The van der Waals surface area contributed by atoms with Crippen LogP contribution in [-0.4, -0.2) is 11.5 Å². The van der Waals surface area contributed by atoms with Crippen LogP contribution >= 0.6 is 11.8 Å². The molecule has 0 saturated heterocycles. The Bertz CT molecular complexity index is 514. The molecule has 0 saturated carbocycles. The van der Waals surface area contributed by atoms with E-state index in [0.717, 1.165) is 35.9 Å². The van der Waals surface area contributed by atoms with E-state index in [9.17, 15) is 9.59 Å². The third kappa shape index (κ3) is 2.68. The van der Waals surface area contributed by atoms with Gasteiger partial charge in [0, 0.05) is 6.08 Å². The minimum atomic E-state index is -0.632. The van der Waals surface area contributed by atoms with Gasteiger partial charge in [0.2, 0.25) is 0 Å². The zero-order chi connectivity index (χ0) is 12.3. The fourth-order valence-corrected chi connectivity index (χ4v) is 2.05. The lowest BCUT2D eigenvalue weighted by Gasteiger charge is -1.99. The van der Waals surface area contributed by atoms with E-state index < -0.39 is 5.91 Å². The van der Waals surface area contributed by atoms with Gasteiger partial charge in [0.25, 0.3) is 5.91 Å². The van der Waals surface area contributed by atoms with Gasteiger partial charge in [-0.3, -0.25) is 9.59 Å². The van der Waals surface area contributed by atoms with E-state index in [1.165, 1.54) is 6.08 Å². The summed E-state index contributed by atoms with van der Waals surface area (Å²) in [7, 11) is 0. The number of amides is 1. The predicted molar refractivity (Wildman–Crippen MR) is 67.6 cm³/mol. The molecule has 2 N–H and O–H groups in total. The van der Waals surface area contributed by atoms with Crippen molar-refractivity contribution in [2.24, 2.45) is 5.73 Å². The first-order valence-electron chi connectivity index (χ1n) is 5.12. The number of fused-ring (bicyclic) bond motifs is 1. The molecule has 0 atom stereocenters. The van der Waals surface area contributed by atoms with Gasteiger partial charge >= 0.3 is 0 Å². The van der Waals surface area contributed by atoms with Gasteiger partial charge in [-0.15, -0.1) is 0 Å². The van der Waals surface area contributed by atoms with Crippen LogP contribution < -0.4 is 5.73 Å². The number of carbonyl (C=O) groups excluding carboxylic acids is 2. The van der Waals surface area contributed by atoms with E-state index in [4.69, 9.17) is 10.2 Å². The normalized spacial score (nSPS) is 14.5. The van der Waals surface area contributed by atoms with Crippen LogP contribution in [0.4, 0.5) is 0 Å². The molecule has 0 bridgehead atoms. The van der Waals surface area contributed by atoms with Gasteiger partial charge in [0.05, 0.1) is 4.91 Å². The maximum Gasteiger partial charge on any atom is 0.255 e. The van der Waals surface area contributed by atoms with Gasteiger partial charge in [-0.1, -0.05) is 6.08 Å². The second-order valence-corrected chi connectivity index (χ2v) is 4.43. The molecule has 17 heavy (non-hydrogen) atoms. The van der Waals surface area contributed by atoms with E-state index in [0.29, 0.717) is 11.4 Å². The number of hydrogen-bond donors (Lipinski definition) is 1. The maximum absolute atomic E-state index is 11.1. The molecule has 5 heteroatoms. The molecule has 1 aromatic rings. The standard InChI is InChI=1S/C12H11NO3S/c13-12(15)11(17-7-14)6-9-5-8-3-1-2-4-10(8)16-9/h2,4-7H,1,3H2,(H2,13,15)/b11-6-. The Kier molecular flexibility index (Phi) is 3.49. The molecule has 1 aliphatic carbocycles. The number of rotatable bonds is 4. The van der Waals surface area contributed by atoms with Gasteiger partial charge in [0.15, 0.2) is 5.62 Å². The molecule has 0 fully saturated rings. The SMILES string of the molecule is NC(=O)/C(=C/c1cc2c(o1)C=CCC2)SC=O. The smallest absolute Gasteiger partial charge is 0.255 e. The highest BCUT2D eigenvalue weighted by Gasteiger charge is 2.12. The molecule has 1 aromatic heterocycles. The first kappa shape index (κ1) is 11.7. The molecule has 0 spiro atoms. The van der Waals surface area contributed by atoms with E-state index in [1.807, 2.05) is 18.2 Å². The molecular weight excluding hydrogens is 238 g/mol. The van der Waals surface area contributed by atoms with Gasteiger partial charge in [-0.25, -0.2) is 0 Å². The van der Waals surface area contributed by atoms with Crippen LogP contribution in [-0.2, 0) is 16.0 Å². The van der Waals surface area contributed by atoms with Crippen molar-refractivity contribution < 1.29 is 14.0 Å². The molecule has 2 rings (SSSR count). The number of furan rings is 1. The summed E-state index contributed by atoms with van der Waals surface area (Å²) in [5, 5.41) is 0. The quantitative estimate of drug-likeness (QED) is 0.654. The number of aryl methyl sites for hydroxylation is 1. The summed E-state index contributed by atoms with van der Waals surface area (Å²) in [5.41, 5.74) is 6.83. The van der Waals surface area contributed by atoms with Crippen LogP contribution in [0.25, 0.3) is 12.2 Å². The van der Waals surface area contributed by atoms with Gasteiger partial charge < -0.3 is 10.2 Å². The van der Waals surface area contributed by atoms with Crippen molar-refractivity contribution >= 4 is 35.4 Å². The average Bonchev–Trinajstić information content (AvgIpc) is 2.70. The Morgan fingerprint density at radius 2 is 2.35 bits per heavy atom. The van der Waals surface area contributed by atoms with Gasteiger partial charge in [-0.2, -0.15) is 0 Å². The summed E-state index contributed by atoms with van der Waals surface area (Å²) < 4.78 is 5.53. The van der Waals surface area contributed by atoms with Crippen molar-refractivity contribution in [1.82, 2.24) is 0 Å². The third-order valence-corrected chi connectivity index (χ3v) is 3.07. The van der Waals surface area contributed by atoms with Crippen molar-refractivity contribution in [3.8, 4) is 0 Å². The summed E-state index contributed by atoms with van der Waals surface area (Å²) in [6.07, 6.45) is 7.35. The minimum Gasteiger partial charge on any atom is -0.457 e. The van der Waals surface area contributed by atoms with Crippen LogP contribution in [0.15, 0.2) is 21.5 Å². The molecule has 1 amide bonds. The van der Waals surface area contributed by atoms with Gasteiger partial charge in [-0.05, 0) is 42.3 Å². The highest BCUT2D eigenvalue weighted by atomic mass is 32.2. The lowest BCUT2D eigenvalue weighted by molar-refractivity contribution is -0.113. The Hall–Kier alpha value is -1.75. The van der Waals surface area contributed by atoms with E-state index in [-0.39, 0.29) is 4.91 Å². The number of thioether (sulfide) groups is 1. The first-order valence-corrected chi connectivity index (χ1v) is 5.99. The molecule has 1 aliphatic rings. The summed E-state index contributed by atoms with van der Waals surface area (Å²) in [6.45, 7) is 0. The number of allylic oxidation sites excluding steroid dienone is 1. The lowest BCUT2D eigenvalue weighted by Crippen LogP contribution is -2.11. The molecule has 0 radical (unpaired) electrons. The Morgan fingerprint density at radius 3 is 3.00 bits per heavy atom. The predicted octanol–water partition coefficient (Wildman–Crippen LogP) is 1.99. The lowest BCUT2D eigenvalue weighted by atomic mass is 10.1. The van der Waals surface area contributed by atoms with E-state index in [2.05, 4.69) is 0 Å². The van der Waals surface area contributed by atoms with Crippen LogP contribution in [0.2, 0.25) is 0 Å². The molecule has 88 valence electrons. The maximum atomic E-state index is 11.1. The van der Waals surface area contributed by atoms with Crippen LogP contribution in [0, 0.1) is 0 Å². The summed E-state index contributed by atoms with van der Waals surface area (Å²) in [4.78, 5) is 21.6. The average molecular weight is 249 g/mol. The topological polar surface area (TPSA) is 73.3 Å². The summed E-state index contributed by atoms with van der Waals surface area (Å²) in [5.74, 6) is 0.721. The second kappa shape index (κ2) is 5.05. The monoisotopic (exact) mass is 249 g/mol. The Morgan fingerprint density at radius 1 is 1.53 bits per heavy atom. The van der Waals surface area contributed by atoms with Crippen molar-refractivity contribution in [1.29, 1.82) is 0 Å². The molecule has 0 unspecified atom stereocenters. The molecule has 1 heterocycles. The minimum absolute atomic E-state index is 0.176. The van der Waals surface area contributed by atoms with Crippen LogP contribution in [0.1, 0.15) is 23.5 Å². The highest BCUT2D eigenvalue weighted by molar-refractivity contribution is 8.16. The third-order valence-electron chi connectivity index (χ3n) is 2.40. The highest BCUT2D eigenvalue weighted by Crippen LogP contribution is 2.25. The number of carbonyl (C=O) groups is 2. The Balaban J connectivity index is 2.30. The van der Waals surface area contributed by atoms with Crippen LogP contribution in [0.3, 0.4) is 0 Å². The fourth-order valence-electron chi connectivity index (χ4n) is 1.65. The molecule has 0 aliphatic heterocycles. The molecule has 4 nitrogen and oxygen atoms in total. The number of primary amides is 1. The van der Waals surface area contributed by atoms with Crippen molar-refractivity contribution in [2.45, 2.75) is 12.8 Å². The van der Waals surface area contributed by atoms with Crippen LogP contribution in [0.5, 0.6) is 0 Å². The van der Waals surface area contributed by atoms with Crippen molar-refractivity contribution in [2.75, 3.05) is 0 Å². The first-order chi connectivity index (χ1) is 8.20. The van der Waals surface area contributed by atoms with Crippen molar-refractivity contribution in [3.63, 3.8) is 0 Å². The largest absolute Gasteiger partial charge is 0.457 e. The van der Waals surface area contributed by atoms with Gasteiger partial charge in [0.1, 0.15) is 11.5 Å². The number of nitrogens with two attached hydrogens (primary N) is 1. The fraction of sp³-hybridized carbons (Fsp3) is 0.167. The Labute approximate surface area is 103 Å². The molecule has 0 aromatic carbocycles. The summed E-state index contributed by atoms with van der Waals surface area (Å²) >= 11 is 0.753. The number of hydrogen-bond acceptors (Lipinski definition) is 4. The zero-order valence-corrected chi connectivity index (χ0v) is 9.83. The van der Waals surface area contributed by atoms with Crippen molar-refractivity contribution in [3.05, 3.63) is 34.1 Å². The van der Waals surface area contributed by atoms with E-state index in [1.54, 1.807) is 0 Å². The van der Waals surface area contributed by atoms with E-state index >= 15 is 0 Å². The zero-order valence-electron chi connectivity index (χ0n) is 9.01. The molecular formula is C12H11NO3S. The summed E-state index contributed by atoms with van der Waals surface area (Å²) in [6, 6.07) is 1.87. The second-order valence-electron chi connectivity index (χ2n) is 3.57.